The van der Waals surface area contributed by atoms with Crippen molar-refractivity contribution in [1.82, 2.24) is 0 Å². The number of hydrogen-bond donors (Lipinski definition) is 0. The normalized spacial score (nSPS) is 15.2. The molecule has 2 unspecified atom stereocenters. The van der Waals surface area contributed by atoms with Gasteiger partial charge in [-0.1, -0.05) is 206 Å². The molecule has 0 bridgehead atoms. The minimum absolute atomic E-state index is 0.318. The molecule has 2 aliphatic carbocycles. The van der Waals surface area contributed by atoms with Gasteiger partial charge in [-0.05, 0) is 201 Å². The van der Waals surface area contributed by atoms with Crippen LogP contribution in [0.1, 0.15) is 77.9 Å². The first-order valence-corrected chi connectivity index (χ1v) is 29.6. The third kappa shape index (κ3) is 9.01. The summed E-state index contributed by atoms with van der Waals surface area (Å²) in [6.45, 7) is 16.7. The summed E-state index contributed by atoms with van der Waals surface area (Å²) in [7, 11) is 0. The average Bonchev–Trinajstić information content (AvgIpc) is 1.58. The summed E-state index contributed by atoms with van der Waals surface area (Å²) in [4.78, 5) is 3.82. The molecule has 0 N–H and O–H groups in total. The zero-order chi connectivity index (χ0) is 60.6. The Kier molecular flexibility index (Phi) is 13.7. The molecule has 0 saturated carbocycles. The van der Waals surface area contributed by atoms with Crippen LogP contribution in [-0.4, -0.2) is 0 Å². The van der Waals surface area contributed by atoms with Gasteiger partial charge in [-0.3, -0.25) is 0 Å². The lowest BCUT2D eigenvalue weighted by Gasteiger charge is -2.36. The molecule has 0 fully saturated rings. The van der Waals surface area contributed by atoms with Gasteiger partial charge in [-0.2, -0.15) is 0 Å². The number of nitrogens with zero attached hydrogens (tertiary/aromatic N) is 2. The molecule has 6 heteroatoms. The maximum atomic E-state index is 15.6. The molecule has 88 heavy (non-hydrogen) atoms. The predicted octanol–water partition coefficient (Wildman–Crippen LogP) is 22.1. The molecular weight excluding hydrogens is 1090 g/mol. The minimum Gasteiger partial charge on any atom is -0.310 e. The van der Waals surface area contributed by atoms with E-state index in [4.69, 9.17) is 0 Å². The van der Waals surface area contributed by atoms with Gasteiger partial charge in [0.2, 0.25) is 0 Å². The molecule has 426 valence electrons. The third-order valence-corrected chi connectivity index (χ3v) is 18.1. The molecule has 12 aromatic carbocycles. The molecule has 0 amide bonds. The molecule has 0 aromatic heterocycles. The molecule has 2 atom stereocenters. The fraction of sp³-hybridized carbons (Fsp3) is 0.0732. The van der Waals surface area contributed by atoms with Gasteiger partial charge < -0.3 is 9.80 Å². The minimum atomic E-state index is -0.763. The Morgan fingerprint density at radius 3 is 1.00 bits per heavy atom. The number of fused-ring (bicyclic) bond motifs is 6. The lowest BCUT2D eigenvalue weighted by Crippen LogP contribution is -2.30. The maximum absolute atomic E-state index is 15.6. The molecular formula is C82H60F4N2. The highest BCUT2D eigenvalue weighted by Crippen LogP contribution is 2.60. The fourth-order valence-electron chi connectivity index (χ4n) is 14.2. The summed E-state index contributed by atoms with van der Waals surface area (Å²) >= 11 is 0. The van der Waals surface area contributed by atoms with E-state index in [9.17, 15) is 0 Å². The van der Waals surface area contributed by atoms with Crippen LogP contribution in [0.5, 0.6) is 0 Å². The Labute approximate surface area is 511 Å². The van der Waals surface area contributed by atoms with E-state index in [1.807, 2.05) is 82.6 Å². The van der Waals surface area contributed by atoms with Crippen molar-refractivity contribution < 1.29 is 17.6 Å². The van der Waals surface area contributed by atoms with Gasteiger partial charge in [0.1, 0.15) is 23.3 Å². The van der Waals surface area contributed by atoms with E-state index in [0.29, 0.717) is 34.1 Å². The van der Waals surface area contributed by atoms with Crippen LogP contribution in [0.25, 0.3) is 45.5 Å². The lowest BCUT2D eigenvalue weighted by molar-refractivity contribution is 0.583. The predicted molar refractivity (Wildman–Crippen MR) is 355 cm³/mol. The van der Waals surface area contributed by atoms with Gasteiger partial charge in [0.25, 0.3) is 0 Å². The highest BCUT2D eigenvalue weighted by atomic mass is 19.1. The first-order chi connectivity index (χ1) is 42.8. The van der Waals surface area contributed by atoms with E-state index >= 15 is 17.6 Å². The number of aryl methyl sites for hydroxylation is 4. The van der Waals surface area contributed by atoms with Crippen molar-refractivity contribution in [3.8, 4) is 33.4 Å². The van der Waals surface area contributed by atoms with Crippen LogP contribution in [0.15, 0.2) is 268 Å². The van der Waals surface area contributed by atoms with E-state index in [-0.39, 0.29) is 0 Å². The van der Waals surface area contributed by atoms with E-state index in [0.717, 1.165) is 123 Å². The monoisotopic (exact) mass is 1150 g/mol. The van der Waals surface area contributed by atoms with Gasteiger partial charge in [0.05, 0.1) is 22.2 Å². The molecule has 0 spiro atoms. The van der Waals surface area contributed by atoms with E-state index in [2.05, 4.69) is 199 Å². The van der Waals surface area contributed by atoms with Gasteiger partial charge in [0, 0.05) is 34.9 Å². The summed E-state index contributed by atoms with van der Waals surface area (Å²) in [5.41, 5.74) is 23.4. The van der Waals surface area contributed by atoms with Gasteiger partial charge in [0.15, 0.2) is 0 Å². The molecule has 0 saturated heterocycles. The summed E-state index contributed by atoms with van der Waals surface area (Å²) < 4.78 is 62.3. The number of benzene rings is 12. The first kappa shape index (κ1) is 55.3. The number of hydrogen-bond acceptors (Lipinski definition) is 2. The molecule has 2 nitrogen and oxygen atoms in total. The van der Waals surface area contributed by atoms with Crippen LogP contribution in [0.2, 0.25) is 0 Å². The summed E-state index contributed by atoms with van der Waals surface area (Å²) in [6.07, 6.45) is 3.70. The van der Waals surface area contributed by atoms with Crippen LogP contribution in [0.4, 0.5) is 51.7 Å². The average molecular weight is 1150 g/mol. The molecule has 0 aliphatic heterocycles. The largest absolute Gasteiger partial charge is 0.310 e. The Hall–Kier alpha value is -10.6. The maximum Gasteiger partial charge on any atom is 0.128 e. The van der Waals surface area contributed by atoms with E-state index < -0.39 is 34.1 Å². The second-order valence-electron chi connectivity index (χ2n) is 23.4. The standard InChI is InChI=1S/C82H60F4N2/c1-7-55-21-29-59(30-22-55)81(77-41-51(3)17-19-53(77)5)75-15-11-9-13-71(75)73-39-37-67(49-79(73)81)87(69-45-61(83)43-62(84)46-69)65-33-25-57(26-34-65)58-27-35-66(36-28-58)88(70-47-63(85)44-64(86)48-70)68-38-40-74-72-14-10-12-16-76(72)82(80(74)50-68,60-31-23-56(8-2)24-32-60)78-42-52(4)18-20-54(78)6/h7-50H,1-2H2,3-6H3. The van der Waals surface area contributed by atoms with Crippen molar-refractivity contribution in [1.29, 1.82) is 0 Å². The quantitative estimate of drug-likeness (QED) is 0.106. The van der Waals surface area contributed by atoms with Crippen LogP contribution >= 0.6 is 0 Å². The van der Waals surface area contributed by atoms with Gasteiger partial charge >= 0.3 is 0 Å². The Morgan fingerprint density at radius 2 is 0.636 bits per heavy atom. The third-order valence-electron chi connectivity index (χ3n) is 18.1. The number of halogens is 4. The summed E-state index contributed by atoms with van der Waals surface area (Å²) in [6, 6.07) is 83.4. The van der Waals surface area contributed by atoms with Crippen molar-refractivity contribution in [2.45, 2.75) is 38.5 Å². The van der Waals surface area contributed by atoms with Crippen molar-refractivity contribution in [3.63, 3.8) is 0 Å². The Bertz CT molecular complexity index is 4410. The highest BCUT2D eigenvalue weighted by Gasteiger charge is 2.49. The molecule has 2 aliphatic rings. The summed E-state index contributed by atoms with van der Waals surface area (Å²) in [5.74, 6) is -2.79. The molecule has 14 rings (SSSR count). The molecule has 0 heterocycles. The van der Waals surface area contributed by atoms with Gasteiger partial charge in [-0.15, -0.1) is 0 Å². The number of rotatable bonds is 13. The first-order valence-electron chi connectivity index (χ1n) is 29.6. The fourth-order valence-corrected chi connectivity index (χ4v) is 14.2. The summed E-state index contributed by atoms with van der Waals surface area (Å²) in [5, 5.41) is 0. The van der Waals surface area contributed by atoms with Crippen LogP contribution < -0.4 is 9.80 Å². The zero-order valence-electron chi connectivity index (χ0n) is 49.2. The van der Waals surface area contributed by atoms with Crippen molar-refractivity contribution in [3.05, 3.63) is 369 Å². The Balaban J connectivity index is 0.883. The van der Waals surface area contributed by atoms with Crippen molar-refractivity contribution in [2.75, 3.05) is 9.80 Å². The molecule has 0 radical (unpaired) electrons. The highest BCUT2D eigenvalue weighted by molar-refractivity contribution is 5.92. The number of anilines is 6. The SMILES string of the molecule is C=Cc1ccc(C2(c3cc(C)ccc3C)c3ccccc3-c3ccc(N(c4ccc(-c5ccc(N(c6cc(F)cc(F)c6)c6ccc7c(c6)C(c6ccc(C=C)cc6)(c6cc(C)ccc6C)c6ccccc6-7)cc5)cc4)c4cc(F)cc(F)c4)cc32)cc1. The lowest BCUT2D eigenvalue weighted by atomic mass is 9.66. The van der Waals surface area contributed by atoms with Crippen molar-refractivity contribution in [2.24, 2.45) is 0 Å². The Morgan fingerprint density at radius 1 is 0.295 bits per heavy atom. The van der Waals surface area contributed by atoms with Crippen molar-refractivity contribution >= 4 is 46.3 Å². The van der Waals surface area contributed by atoms with E-state index in [1.54, 1.807) is 0 Å². The smallest absolute Gasteiger partial charge is 0.128 e. The van der Waals surface area contributed by atoms with Crippen LogP contribution in [0, 0.1) is 51.0 Å². The second kappa shape index (κ2) is 21.7. The van der Waals surface area contributed by atoms with E-state index in [1.165, 1.54) is 24.3 Å². The molecule has 12 aromatic rings. The zero-order valence-corrected chi connectivity index (χ0v) is 49.2. The van der Waals surface area contributed by atoms with Gasteiger partial charge in [-0.25, -0.2) is 17.6 Å². The van der Waals surface area contributed by atoms with Crippen LogP contribution in [-0.2, 0) is 10.8 Å². The topological polar surface area (TPSA) is 6.48 Å². The second-order valence-corrected chi connectivity index (χ2v) is 23.4. The van der Waals surface area contributed by atoms with Crippen LogP contribution in [0.3, 0.4) is 0 Å².